The molecule has 7 nitrogen and oxygen atoms in total. The second-order valence-electron chi connectivity index (χ2n) is 11.6. The van der Waals surface area contributed by atoms with Gasteiger partial charge in [0.15, 0.2) is 0 Å². The number of imide groups is 1. The predicted molar refractivity (Wildman–Crippen MR) is 149 cm³/mol. The van der Waals surface area contributed by atoms with E-state index in [-0.39, 0.29) is 31.0 Å². The highest BCUT2D eigenvalue weighted by atomic mass is 31.2. The zero-order chi connectivity index (χ0) is 28.1. The second kappa shape index (κ2) is 12.0. The summed E-state index contributed by atoms with van der Waals surface area (Å²) in [5, 5.41) is 0. The van der Waals surface area contributed by atoms with Gasteiger partial charge in [-0.1, -0.05) is 60.7 Å². The van der Waals surface area contributed by atoms with Gasteiger partial charge in [0.25, 0.3) is 0 Å². The minimum Gasteiger partial charge on any atom is -0.446 e. The van der Waals surface area contributed by atoms with Gasteiger partial charge in [-0.05, 0) is 70.6 Å². The van der Waals surface area contributed by atoms with Gasteiger partial charge in [0.1, 0.15) is 12.6 Å². The molecule has 0 radical (unpaired) electrons. The molecule has 1 saturated heterocycles. The molecule has 0 N–H and O–H groups in total. The molecule has 0 bridgehead atoms. The van der Waals surface area contributed by atoms with E-state index in [2.05, 4.69) is 6.58 Å². The van der Waals surface area contributed by atoms with Crippen LogP contribution in [0.25, 0.3) is 0 Å². The van der Waals surface area contributed by atoms with Gasteiger partial charge < -0.3 is 13.8 Å². The molecule has 1 fully saturated rings. The summed E-state index contributed by atoms with van der Waals surface area (Å²) >= 11 is 0. The van der Waals surface area contributed by atoms with Crippen LogP contribution in [0.1, 0.15) is 83.0 Å². The first-order valence-corrected chi connectivity index (χ1v) is 14.7. The lowest BCUT2D eigenvalue weighted by Gasteiger charge is -2.32. The Morgan fingerprint density at radius 2 is 1.63 bits per heavy atom. The molecule has 0 unspecified atom stereocenters. The van der Waals surface area contributed by atoms with Crippen molar-refractivity contribution in [3.63, 3.8) is 0 Å². The van der Waals surface area contributed by atoms with Crippen molar-refractivity contribution < 1.29 is 27.9 Å². The van der Waals surface area contributed by atoms with Crippen LogP contribution in [0, 0.1) is 0 Å². The summed E-state index contributed by atoms with van der Waals surface area (Å²) in [4.78, 5) is 27.0. The molecule has 2 atom stereocenters. The largest absolute Gasteiger partial charge is 0.446 e. The standard InChI is InChI=1S/C30H40NO6P/c1-8-12-25(19-27(32)31-26(20-35-28(31)33)24-13-10-9-11-14-24)23-17-15-22(16-18-23)21-38(34,36-29(2,3)4)37-30(5,6)7/h8-11,13-18,25-26H,1,12,19-21H2,2-7H3/t25-,26+/m0/s1. The van der Waals surface area contributed by atoms with Gasteiger partial charge in [0.2, 0.25) is 5.91 Å². The fourth-order valence-corrected chi connectivity index (χ4v) is 7.00. The SMILES string of the molecule is C=CC[C@@H](CC(=O)N1C(=O)OC[C@@H]1c1ccccc1)c1ccc(CP(=O)(OC(C)(C)C)OC(C)(C)C)cc1. The maximum Gasteiger partial charge on any atom is 0.417 e. The van der Waals surface area contributed by atoms with Crippen molar-refractivity contribution in [2.75, 3.05) is 6.61 Å². The summed E-state index contributed by atoms with van der Waals surface area (Å²) in [6.07, 6.45) is 1.96. The molecule has 1 aliphatic heterocycles. The Morgan fingerprint density at radius 1 is 1.05 bits per heavy atom. The van der Waals surface area contributed by atoms with Crippen molar-refractivity contribution in [1.29, 1.82) is 0 Å². The van der Waals surface area contributed by atoms with E-state index in [1.54, 1.807) is 6.08 Å². The van der Waals surface area contributed by atoms with Crippen LogP contribution in [0.3, 0.4) is 0 Å². The predicted octanol–water partition coefficient (Wildman–Crippen LogP) is 7.78. The number of hydrogen-bond donors (Lipinski definition) is 0. The van der Waals surface area contributed by atoms with Crippen molar-refractivity contribution in [1.82, 2.24) is 4.90 Å². The normalized spacial score (nSPS) is 17.3. The lowest BCUT2D eigenvalue weighted by molar-refractivity contribution is -0.129. The molecule has 2 aromatic carbocycles. The minimum atomic E-state index is -3.44. The van der Waals surface area contributed by atoms with Crippen LogP contribution in [-0.4, -0.2) is 34.7 Å². The molecule has 38 heavy (non-hydrogen) atoms. The van der Waals surface area contributed by atoms with Crippen molar-refractivity contribution >= 4 is 19.6 Å². The van der Waals surface area contributed by atoms with Gasteiger partial charge in [-0.15, -0.1) is 6.58 Å². The second-order valence-corrected chi connectivity index (χ2v) is 13.5. The summed E-state index contributed by atoms with van der Waals surface area (Å²) in [5.41, 5.74) is 1.32. The molecule has 2 amide bonds. The van der Waals surface area contributed by atoms with Crippen LogP contribution in [0.15, 0.2) is 67.3 Å². The highest BCUT2D eigenvalue weighted by Gasteiger charge is 2.39. The summed E-state index contributed by atoms with van der Waals surface area (Å²) in [6.45, 7) is 15.1. The molecule has 0 aromatic heterocycles. The minimum absolute atomic E-state index is 0.128. The van der Waals surface area contributed by atoms with Crippen molar-refractivity contribution in [3.8, 4) is 0 Å². The van der Waals surface area contributed by atoms with E-state index in [1.165, 1.54) is 4.90 Å². The van der Waals surface area contributed by atoms with E-state index in [4.69, 9.17) is 13.8 Å². The van der Waals surface area contributed by atoms with E-state index in [0.717, 1.165) is 16.7 Å². The first kappa shape index (κ1) is 29.8. The third-order valence-corrected chi connectivity index (χ3v) is 8.26. The monoisotopic (exact) mass is 541 g/mol. The summed E-state index contributed by atoms with van der Waals surface area (Å²) in [5.74, 6) is -0.471. The fraction of sp³-hybridized carbons (Fsp3) is 0.467. The quantitative estimate of drug-likeness (QED) is 0.226. The van der Waals surface area contributed by atoms with Gasteiger partial charge in [0.05, 0.1) is 17.4 Å². The Bertz CT molecular complexity index is 1140. The summed E-state index contributed by atoms with van der Waals surface area (Å²) < 4.78 is 30.7. The molecule has 8 heteroatoms. The molecule has 2 aromatic rings. The molecule has 0 saturated carbocycles. The number of nitrogens with zero attached hydrogens (tertiary/aromatic N) is 1. The van der Waals surface area contributed by atoms with Crippen LogP contribution in [-0.2, 0) is 29.3 Å². The lowest BCUT2D eigenvalue weighted by atomic mass is 9.91. The van der Waals surface area contributed by atoms with Gasteiger partial charge in [-0.25, -0.2) is 9.69 Å². The van der Waals surface area contributed by atoms with E-state index in [9.17, 15) is 14.2 Å². The van der Waals surface area contributed by atoms with Gasteiger partial charge in [-0.2, -0.15) is 0 Å². The number of cyclic esters (lactones) is 1. The van der Waals surface area contributed by atoms with E-state index < -0.39 is 30.9 Å². The van der Waals surface area contributed by atoms with Gasteiger partial charge in [-0.3, -0.25) is 9.36 Å². The molecule has 1 heterocycles. The Hall–Kier alpha value is -2.73. The van der Waals surface area contributed by atoms with Crippen molar-refractivity contribution in [2.24, 2.45) is 0 Å². The molecular weight excluding hydrogens is 501 g/mol. The van der Waals surface area contributed by atoms with E-state index in [0.29, 0.717) is 6.42 Å². The zero-order valence-corrected chi connectivity index (χ0v) is 24.2. The number of allylic oxidation sites excluding steroid dienone is 1. The van der Waals surface area contributed by atoms with Gasteiger partial charge >= 0.3 is 13.7 Å². The number of carbonyl (C=O) groups excluding carboxylic acids is 2. The average Bonchev–Trinajstić information content (AvgIpc) is 3.18. The van der Waals surface area contributed by atoms with Gasteiger partial charge in [0, 0.05) is 6.42 Å². The van der Waals surface area contributed by atoms with Crippen LogP contribution < -0.4 is 0 Å². The fourth-order valence-electron chi connectivity index (χ4n) is 4.50. The van der Waals surface area contributed by atoms with Crippen LogP contribution in [0.4, 0.5) is 4.79 Å². The number of rotatable bonds is 10. The Morgan fingerprint density at radius 3 is 2.16 bits per heavy atom. The Labute approximate surface area is 226 Å². The molecule has 1 aliphatic rings. The smallest absolute Gasteiger partial charge is 0.417 e. The third kappa shape index (κ3) is 8.39. The maximum atomic E-state index is 13.7. The first-order chi connectivity index (χ1) is 17.7. The van der Waals surface area contributed by atoms with E-state index in [1.807, 2.05) is 96.1 Å². The molecule has 206 valence electrons. The Balaban J connectivity index is 1.77. The number of hydrogen-bond acceptors (Lipinski definition) is 6. The van der Waals surface area contributed by atoms with Crippen LogP contribution in [0.2, 0.25) is 0 Å². The van der Waals surface area contributed by atoms with Crippen molar-refractivity contribution in [3.05, 3.63) is 83.9 Å². The highest BCUT2D eigenvalue weighted by Crippen LogP contribution is 2.57. The number of carbonyl (C=O) groups is 2. The topological polar surface area (TPSA) is 82.1 Å². The lowest BCUT2D eigenvalue weighted by Crippen LogP contribution is -2.35. The average molecular weight is 542 g/mol. The molecule has 3 rings (SSSR count). The highest BCUT2D eigenvalue weighted by molar-refractivity contribution is 7.53. The number of ether oxygens (including phenoxy) is 1. The third-order valence-electron chi connectivity index (χ3n) is 5.85. The Kier molecular flexibility index (Phi) is 9.40. The zero-order valence-electron chi connectivity index (χ0n) is 23.3. The maximum absolute atomic E-state index is 13.7. The van der Waals surface area contributed by atoms with Crippen LogP contribution >= 0.6 is 7.60 Å². The van der Waals surface area contributed by atoms with Crippen molar-refractivity contribution in [2.45, 2.75) is 83.7 Å². The molecular formula is C30H40NO6P. The van der Waals surface area contributed by atoms with E-state index >= 15 is 0 Å². The number of amides is 2. The van der Waals surface area contributed by atoms with Crippen LogP contribution in [0.5, 0.6) is 0 Å². The molecule has 0 spiro atoms. The summed E-state index contributed by atoms with van der Waals surface area (Å²) in [6, 6.07) is 16.6. The molecule has 0 aliphatic carbocycles. The summed E-state index contributed by atoms with van der Waals surface area (Å²) in [7, 11) is -3.44. The number of benzene rings is 2. The first-order valence-electron chi connectivity index (χ1n) is 12.9.